The number of phenolic OH excluding ortho intramolecular Hbond substituents is 1. The molecular formula is C20H30N4O7. The number of aromatic hydroxyl groups is 1. The highest BCUT2D eigenvalue weighted by Gasteiger charge is 2.17. The molecule has 0 unspecified atom stereocenters. The summed E-state index contributed by atoms with van der Waals surface area (Å²) in [7, 11) is 0. The van der Waals surface area contributed by atoms with Gasteiger partial charge in [-0.2, -0.15) is 0 Å². The topological polar surface area (TPSA) is 165 Å². The number of hydrogen-bond donors (Lipinski definition) is 3. The van der Waals surface area contributed by atoms with E-state index in [0.717, 1.165) is 12.8 Å². The van der Waals surface area contributed by atoms with Gasteiger partial charge in [-0.15, -0.1) is 0 Å². The molecule has 0 saturated carbocycles. The zero-order chi connectivity index (χ0) is 23.1. The van der Waals surface area contributed by atoms with Crippen molar-refractivity contribution in [3.63, 3.8) is 0 Å². The first-order chi connectivity index (χ1) is 14.8. The molecule has 172 valence electrons. The maximum absolute atomic E-state index is 12.5. The Balaban J connectivity index is 2.43. The molecule has 1 rings (SSSR count). The van der Waals surface area contributed by atoms with Gasteiger partial charge >= 0.3 is 0 Å². The fraction of sp³-hybridized carbons (Fsp3) is 0.600. The van der Waals surface area contributed by atoms with Gasteiger partial charge < -0.3 is 15.7 Å². The number of benzene rings is 1. The van der Waals surface area contributed by atoms with Crippen LogP contribution in [0.3, 0.4) is 0 Å². The SMILES string of the molecule is O=C(NCCCCCC[N+](=O)[O-])c1ccc(O)cc1C(=O)NCCCCCC[N+](=O)[O-]. The average molecular weight is 438 g/mol. The molecule has 3 N–H and O–H groups in total. The smallest absolute Gasteiger partial charge is 0.252 e. The summed E-state index contributed by atoms with van der Waals surface area (Å²) < 4.78 is 0. The largest absolute Gasteiger partial charge is 0.508 e. The van der Waals surface area contributed by atoms with Gasteiger partial charge in [-0.1, -0.05) is 12.8 Å². The number of nitrogens with one attached hydrogen (secondary N) is 2. The Morgan fingerprint density at radius 1 is 0.742 bits per heavy atom. The van der Waals surface area contributed by atoms with Crippen LogP contribution in [0.5, 0.6) is 5.75 Å². The summed E-state index contributed by atoms with van der Waals surface area (Å²) in [4.78, 5) is 44.7. The minimum absolute atomic E-state index is 0.0583. The Kier molecular flexibility index (Phi) is 12.2. The summed E-state index contributed by atoms with van der Waals surface area (Å²) >= 11 is 0. The van der Waals surface area contributed by atoms with Crippen LogP contribution in [0.25, 0.3) is 0 Å². The normalized spacial score (nSPS) is 10.5. The van der Waals surface area contributed by atoms with E-state index in [-0.39, 0.29) is 39.8 Å². The van der Waals surface area contributed by atoms with E-state index < -0.39 is 11.8 Å². The van der Waals surface area contributed by atoms with Crippen LogP contribution in [0.1, 0.15) is 72.1 Å². The highest BCUT2D eigenvalue weighted by Crippen LogP contribution is 2.17. The Morgan fingerprint density at radius 2 is 1.19 bits per heavy atom. The molecule has 2 amide bonds. The highest BCUT2D eigenvalue weighted by molar-refractivity contribution is 6.07. The fourth-order valence-electron chi connectivity index (χ4n) is 2.95. The molecular weight excluding hydrogens is 408 g/mol. The number of phenols is 1. The average Bonchev–Trinajstić information content (AvgIpc) is 2.71. The fourth-order valence-corrected chi connectivity index (χ4v) is 2.95. The van der Waals surface area contributed by atoms with Crippen LogP contribution in [0.2, 0.25) is 0 Å². The van der Waals surface area contributed by atoms with Crippen molar-refractivity contribution in [3.05, 3.63) is 49.6 Å². The Hall–Kier alpha value is -3.24. The quantitative estimate of drug-likeness (QED) is 0.203. The van der Waals surface area contributed by atoms with E-state index in [0.29, 0.717) is 51.6 Å². The number of rotatable bonds is 16. The van der Waals surface area contributed by atoms with Crippen LogP contribution >= 0.6 is 0 Å². The number of carbonyl (C=O) groups is 2. The molecule has 0 fully saturated rings. The second-order valence-corrected chi connectivity index (χ2v) is 7.18. The third-order valence-corrected chi connectivity index (χ3v) is 4.60. The first-order valence-electron chi connectivity index (χ1n) is 10.4. The van der Waals surface area contributed by atoms with Gasteiger partial charge in [-0.25, -0.2) is 0 Å². The predicted octanol–water partition coefficient (Wildman–Crippen LogP) is 2.53. The third-order valence-electron chi connectivity index (χ3n) is 4.60. The van der Waals surface area contributed by atoms with Crippen LogP contribution in [0.4, 0.5) is 0 Å². The molecule has 0 aromatic heterocycles. The van der Waals surface area contributed by atoms with Gasteiger partial charge in [-0.05, 0) is 43.9 Å². The summed E-state index contributed by atoms with van der Waals surface area (Å²) in [5.41, 5.74) is 0.214. The first kappa shape index (κ1) is 25.8. The molecule has 31 heavy (non-hydrogen) atoms. The van der Waals surface area contributed by atoms with Crippen molar-refractivity contribution in [2.75, 3.05) is 26.2 Å². The second-order valence-electron chi connectivity index (χ2n) is 7.18. The molecule has 1 aromatic carbocycles. The molecule has 0 saturated heterocycles. The van der Waals surface area contributed by atoms with Crippen molar-refractivity contribution >= 4 is 11.8 Å². The van der Waals surface area contributed by atoms with Gasteiger partial charge in [0.2, 0.25) is 13.1 Å². The Morgan fingerprint density at radius 3 is 1.68 bits per heavy atom. The van der Waals surface area contributed by atoms with Crippen molar-refractivity contribution in [1.29, 1.82) is 0 Å². The van der Waals surface area contributed by atoms with E-state index in [1.54, 1.807) is 0 Å². The highest BCUT2D eigenvalue weighted by atomic mass is 16.6. The zero-order valence-electron chi connectivity index (χ0n) is 17.5. The maximum Gasteiger partial charge on any atom is 0.252 e. The van der Waals surface area contributed by atoms with Crippen LogP contribution in [0, 0.1) is 20.2 Å². The molecule has 11 nitrogen and oxygen atoms in total. The van der Waals surface area contributed by atoms with E-state index in [1.807, 2.05) is 0 Å². The molecule has 0 aliphatic heterocycles. The third kappa shape index (κ3) is 11.5. The lowest BCUT2D eigenvalue weighted by Crippen LogP contribution is -2.30. The molecule has 0 aliphatic carbocycles. The van der Waals surface area contributed by atoms with Crippen LogP contribution in [0.15, 0.2) is 18.2 Å². The number of amides is 2. The summed E-state index contributed by atoms with van der Waals surface area (Å²) in [5, 5.41) is 35.7. The minimum atomic E-state index is -0.480. The lowest BCUT2D eigenvalue weighted by Gasteiger charge is -2.11. The van der Waals surface area contributed by atoms with E-state index in [9.17, 15) is 34.9 Å². The van der Waals surface area contributed by atoms with E-state index in [2.05, 4.69) is 10.6 Å². The van der Waals surface area contributed by atoms with Gasteiger partial charge in [0.05, 0.1) is 11.1 Å². The van der Waals surface area contributed by atoms with Gasteiger partial charge in [0.1, 0.15) is 5.75 Å². The Bertz CT molecular complexity index is 755. The molecule has 0 radical (unpaired) electrons. The van der Waals surface area contributed by atoms with Crippen molar-refractivity contribution in [3.8, 4) is 5.75 Å². The molecule has 0 atom stereocenters. The van der Waals surface area contributed by atoms with Crippen LogP contribution in [-0.4, -0.2) is 52.9 Å². The standard InChI is InChI=1S/C20H30N4O7/c25-16-9-10-17(19(26)21-11-5-1-3-7-13-23(28)29)18(15-16)20(27)22-12-6-2-4-8-14-24(30)31/h9-10,15,25H,1-8,11-14H2,(H,21,26)(H,22,27). The molecule has 0 aliphatic rings. The van der Waals surface area contributed by atoms with Crippen molar-refractivity contribution in [2.24, 2.45) is 0 Å². The minimum Gasteiger partial charge on any atom is -0.508 e. The van der Waals surface area contributed by atoms with E-state index in [1.165, 1.54) is 18.2 Å². The number of nitro groups is 2. The summed E-state index contributed by atoms with van der Waals surface area (Å²) in [6.07, 6.45) is 5.20. The molecule has 11 heteroatoms. The zero-order valence-corrected chi connectivity index (χ0v) is 17.5. The lowest BCUT2D eigenvalue weighted by atomic mass is 10.0. The number of nitrogens with zero attached hydrogens (tertiary/aromatic N) is 2. The molecule has 0 spiro atoms. The van der Waals surface area contributed by atoms with Gasteiger partial charge in [0.15, 0.2) is 0 Å². The number of carbonyl (C=O) groups excluding carboxylic acids is 2. The maximum atomic E-state index is 12.5. The van der Waals surface area contributed by atoms with Crippen molar-refractivity contribution in [1.82, 2.24) is 10.6 Å². The summed E-state index contributed by atoms with van der Waals surface area (Å²) in [6.45, 7) is 0.617. The summed E-state index contributed by atoms with van der Waals surface area (Å²) in [5.74, 6) is -1.05. The summed E-state index contributed by atoms with van der Waals surface area (Å²) in [6, 6.07) is 3.95. The van der Waals surface area contributed by atoms with Crippen molar-refractivity contribution < 1.29 is 24.5 Å². The predicted molar refractivity (Wildman–Crippen MR) is 113 cm³/mol. The van der Waals surface area contributed by atoms with Crippen LogP contribution in [-0.2, 0) is 0 Å². The van der Waals surface area contributed by atoms with E-state index >= 15 is 0 Å². The Labute approximate surface area is 180 Å². The molecule has 1 aromatic rings. The first-order valence-corrected chi connectivity index (χ1v) is 10.4. The molecule has 0 heterocycles. The second kappa shape index (κ2) is 14.7. The van der Waals surface area contributed by atoms with Gasteiger partial charge in [0.25, 0.3) is 11.8 Å². The van der Waals surface area contributed by atoms with Gasteiger partial charge in [0, 0.05) is 35.8 Å². The monoisotopic (exact) mass is 438 g/mol. The van der Waals surface area contributed by atoms with Crippen molar-refractivity contribution in [2.45, 2.75) is 51.4 Å². The number of hydrogen-bond acceptors (Lipinski definition) is 7. The number of unbranched alkanes of at least 4 members (excludes halogenated alkanes) is 6. The van der Waals surface area contributed by atoms with Crippen LogP contribution < -0.4 is 10.6 Å². The lowest BCUT2D eigenvalue weighted by molar-refractivity contribution is -0.480. The molecule has 0 bridgehead atoms. The van der Waals surface area contributed by atoms with E-state index in [4.69, 9.17) is 0 Å². The van der Waals surface area contributed by atoms with Gasteiger partial charge in [-0.3, -0.25) is 29.8 Å².